The zero-order valence-electron chi connectivity index (χ0n) is 15.3. The Bertz CT molecular complexity index is 833. The van der Waals surface area contributed by atoms with Crippen LogP contribution in [0.3, 0.4) is 0 Å². The van der Waals surface area contributed by atoms with Gasteiger partial charge in [-0.1, -0.05) is 30.7 Å². The van der Waals surface area contributed by atoms with Crippen molar-refractivity contribution in [3.63, 3.8) is 0 Å². The summed E-state index contributed by atoms with van der Waals surface area (Å²) in [4.78, 5) is 24.1. The lowest BCUT2D eigenvalue weighted by atomic mass is 9.89. The highest BCUT2D eigenvalue weighted by molar-refractivity contribution is 5.94. The number of hydrogen-bond donors (Lipinski definition) is 1. The third-order valence-corrected chi connectivity index (χ3v) is 5.29. The molecule has 1 aromatic carbocycles. The third kappa shape index (κ3) is 3.55. The quantitative estimate of drug-likeness (QED) is 0.834. The fraction of sp³-hybridized carbons (Fsp3) is 0.429. The van der Waals surface area contributed by atoms with Crippen molar-refractivity contribution in [3.8, 4) is 11.3 Å². The normalized spacial score (nSPS) is 21.3. The van der Waals surface area contributed by atoms with Crippen molar-refractivity contribution < 1.29 is 23.5 Å². The van der Waals surface area contributed by atoms with Crippen LogP contribution in [-0.4, -0.2) is 36.7 Å². The Kier molecular flexibility index (Phi) is 4.85. The molecule has 4 rings (SSSR count). The smallest absolute Gasteiger partial charge is 0.287 e. The Hall–Kier alpha value is -2.44. The first-order chi connectivity index (χ1) is 13.1. The molecule has 1 saturated heterocycles. The number of ketones is 1. The lowest BCUT2D eigenvalue weighted by Gasteiger charge is -2.39. The van der Waals surface area contributed by atoms with Gasteiger partial charge in [0.25, 0.3) is 5.91 Å². The van der Waals surface area contributed by atoms with Crippen molar-refractivity contribution in [2.75, 3.05) is 13.2 Å². The molecule has 6 heteroatoms. The molecule has 1 aliphatic heterocycles. The van der Waals surface area contributed by atoms with Gasteiger partial charge in [-0.2, -0.15) is 0 Å². The lowest BCUT2D eigenvalue weighted by molar-refractivity contribution is -0.192. The molecule has 142 valence electrons. The molecule has 1 atom stereocenters. The summed E-state index contributed by atoms with van der Waals surface area (Å²) < 4.78 is 17.4. The predicted octanol–water partition coefficient (Wildman–Crippen LogP) is 3.56. The topological polar surface area (TPSA) is 77.8 Å². The van der Waals surface area contributed by atoms with E-state index in [4.69, 9.17) is 13.9 Å². The molecule has 2 aliphatic rings. The van der Waals surface area contributed by atoms with Crippen molar-refractivity contribution in [2.24, 2.45) is 0 Å². The highest BCUT2D eigenvalue weighted by Crippen LogP contribution is 2.36. The number of benzene rings is 1. The lowest BCUT2D eigenvalue weighted by Crippen LogP contribution is -2.55. The van der Waals surface area contributed by atoms with Crippen LogP contribution in [0.2, 0.25) is 0 Å². The molecule has 6 nitrogen and oxygen atoms in total. The summed E-state index contributed by atoms with van der Waals surface area (Å²) in [6.07, 6.45) is 3.69. The van der Waals surface area contributed by atoms with E-state index in [9.17, 15) is 9.59 Å². The average Bonchev–Trinajstić information content (AvgIpc) is 3.34. The first-order valence-electron chi connectivity index (χ1n) is 9.37. The van der Waals surface area contributed by atoms with E-state index in [1.807, 2.05) is 12.1 Å². The molecular weight excluding hydrogens is 346 g/mol. The fourth-order valence-corrected chi connectivity index (χ4v) is 3.83. The number of amides is 1. The maximum atomic E-state index is 12.7. The summed E-state index contributed by atoms with van der Waals surface area (Å²) in [5.41, 5.74) is 1.46. The van der Waals surface area contributed by atoms with Gasteiger partial charge in [0.15, 0.2) is 17.3 Å². The van der Waals surface area contributed by atoms with Crippen LogP contribution in [0.5, 0.6) is 0 Å². The van der Waals surface area contributed by atoms with E-state index in [1.165, 1.54) is 6.92 Å². The van der Waals surface area contributed by atoms with Gasteiger partial charge in [0.05, 0.1) is 19.3 Å². The molecule has 1 N–H and O–H groups in total. The predicted molar refractivity (Wildman–Crippen MR) is 98.5 cm³/mol. The van der Waals surface area contributed by atoms with Crippen LogP contribution in [0, 0.1) is 0 Å². The number of carbonyl (C=O) groups excluding carboxylic acids is 2. The largest absolute Gasteiger partial charge is 0.451 e. The number of nitrogens with one attached hydrogen (secondary N) is 1. The maximum absolute atomic E-state index is 12.7. The van der Waals surface area contributed by atoms with Crippen LogP contribution in [0.1, 0.15) is 53.5 Å². The second kappa shape index (κ2) is 7.29. The molecule has 1 aromatic heterocycles. The van der Waals surface area contributed by atoms with E-state index in [0.717, 1.165) is 31.2 Å². The monoisotopic (exact) mass is 369 g/mol. The molecule has 0 bridgehead atoms. The van der Waals surface area contributed by atoms with Gasteiger partial charge in [-0.15, -0.1) is 0 Å². The number of ether oxygens (including phenoxy) is 2. The van der Waals surface area contributed by atoms with E-state index >= 15 is 0 Å². The SMILES string of the molecule is CC(=O)c1ccc(-c2ccc(C(=O)N[C@H]3CCCCC34OCCO4)o2)cc1. The molecule has 1 aliphatic carbocycles. The molecule has 27 heavy (non-hydrogen) atoms. The molecule has 2 heterocycles. The van der Waals surface area contributed by atoms with Crippen molar-refractivity contribution in [3.05, 3.63) is 47.7 Å². The van der Waals surface area contributed by atoms with Gasteiger partial charge in [-0.05, 0) is 31.9 Å². The Morgan fingerprint density at radius 2 is 1.78 bits per heavy atom. The maximum Gasteiger partial charge on any atom is 0.287 e. The van der Waals surface area contributed by atoms with E-state index in [0.29, 0.717) is 24.5 Å². The highest BCUT2D eigenvalue weighted by atomic mass is 16.7. The molecule has 1 saturated carbocycles. The van der Waals surface area contributed by atoms with Gasteiger partial charge in [0.2, 0.25) is 0 Å². The van der Waals surface area contributed by atoms with Crippen LogP contribution in [0.25, 0.3) is 11.3 Å². The minimum atomic E-state index is -0.689. The zero-order valence-corrected chi connectivity index (χ0v) is 15.3. The highest BCUT2D eigenvalue weighted by Gasteiger charge is 2.46. The third-order valence-electron chi connectivity index (χ3n) is 5.29. The summed E-state index contributed by atoms with van der Waals surface area (Å²) in [5.74, 6) is -0.113. The van der Waals surface area contributed by atoms with Crippen molar-refractivity contribution in [1.29, 1.82) is 0 Å². The first-order valence-corrected chi connectivity index (χ1v) is 9.37. The summed E-state index contributed by atoms with van der Waals surface area (Å²) in [7, 11) is 0. The molecule has 1 amide bonds. The molecule has 2 aromatic rings. The second-order valence-electron chi connectivity index (χ2n) is 7.08. The Morgan fingerprint density at radius 1 is 1.04 bits per heavy atom. The van der Waals surface area contributed by atoms with E-state index < -0.39 is 5.79 Å². The fourth-order valence-electron chi connectivity index (χ4n) is 3.83. The molecule has 1 spiro atoms. The van der Waals surface area contributed by atoms with Crippen LogP contribution >= 0.6 is 0 Å². The molecule has 2 fully saturated rings. The Labute approximate surface area is 157 Å². The van der Waals surface area contributed by atoms with Crippen LogP contribution in [0.4, 0.5) is 0 Å². The van der Waals surface area contributed by atoms with Crippen LogP contribution in [0.15, 0.2) is 40.8 Å². The first kappa shape index (κ1) is 17.9. The molecule has 0 radical (unpaired) electrons. The van der Waals surface area contributed by atoms with Gasteiger partial charge in [-0.3, -0.25) is 9.59 Å². The number of carbonyl (C=O) groups is 2. The van der Waals surface area contributed by atoms with Crippen molar-refractivity contribution >= 4 is 11.7 Å². The van der Waals surface area contributed by atoms with E-state index in [-0.39, 0.29) is 23.5 Å². The number of rotatable bonds is 4. The molecular formula is C21H23NO5. The van der Waals surface area contributed by atoms with Gasteiger partial charge in [0, 0.05) is 17.5 Å². The summed E-state index contributed by atoms with van der Waals surface area (Å²) in [6, 6.07) is 10.4. The summed E-state index contributed by atoms with van der Waals surface area (Å²) >= 11 is 0. The Balaban J connectivity index is 1.47. The van der Waals surface area contributed by atoms with Gasteiger partial charge in [0.1, 0.15) is 5.76 Å². The van der Waals surface area contributed by atoms with Crippen molar-refractivity contribution in [1.82, 2.24) is 5.32 Å². The number of hydrogen-bond acceptors (Lipinski definition) is 5. The summed E-state index contributed by atoms with van der Waals surface area (Å²) in [5, 5.41) is 3.03. The van der Waals surface area contributed by atoms with Gasteiger partial charge >= 0.3 is 0 Å². The Morgan fingerprint density at radius 3 is 2.48 bits per heavy atom. The van der Waals surface area contributed by atoms with Crippen LogP contribution < -0.4 is 5.32 Å². The van der Waals surface area contributed by atoms with Crippen molar-refractivity contribution in [2.45, 2.75) is 44.4 Å². The standard InChI is InChI=1S/C21H23NO5/c1-14(23)15-5-7-16(8-6-15)17-9-10-18(27-17)20(24)22-19-4-2-3-11-21(19)25-12-13-26-21/h5-10,19H,2-4,11-13H2,1H3,(H,22,24)/t19-/m0/s1. The van der Waals surface area contributed by atoms with E-state index in [2.05, 4.69) is 5.32 Å². The average molecular weight is 369 g/mol. The van der Waals surface area contributed by atoms with Gasteiger partial charge in [-0.25, -0.2) is 0 Å². The van der Waals surface area contributed by atoms with Gasteiger partial charge < -0.3 is 19.2 Å². The number of furan rings is 1. The summed E-state index contributed by atoms with van der Waals surface area (Å²) in [6.45, 7) is 2.65. The number of Topliss-reactive ketones (excluding diaryl/α,β-unsaturated/α-hetero) is 1. The minimum Gasteiger partial charge on any atom is -0.451 e. The van der Waals surface area contributed by atoms with Crippen LogP contribution in [-0.2, 0) is 9.47 Å². The van der Waals surface area contributed by atoms with E-state index in [1.54, 1.807) is 24.3 Å². The minimum absolute atomic E-state index is 0.0128. The zero-order chi connectivity index (χ0) is 18.9. The second-order valence-corrected chi connectivity index (χ2v) is 7.08. The molecule has 0 unspecified atom stereocenters.